The van der Waals surface area contributed by atoms with Crippen molar-refractivity contribution in [1.29, 1.82) is 0 Å². The van der Waals surface area contributed by atoms with Gasteiger partial charge in [0.25, 0.3) is 5.91 Å². The van der Waals surface area contributed by atoms with Crippen molar-refractivity contribution in [2.45, 2.75) is 52.4 Å². The maximum absolute atomic E-state index is 13.0. The van der Waals surface area contributed by atoms with Crippen LogP contribution in [0.25, 0.3) is 16.8 Å². The van der Waals surface area contributed by atoms with Gasteiger partial charge < -0.3 is 11.1 Å². The molecule has 0 spiro atoms. The molecule has 0 aliphatic carbocycles. The summed E-state index contributed by atoms with van der Waals surface area (Å²) in [6.07, 6.45) is 0.903. The zero-order valence-electron chi connectivity index (χ0n) is 20.3. The number of hydrogen-bond donors (Lipinski definition) is 2. The van der Waals surface area contributed by atoms with Crippen LogP contribution in [0.15, 0.2) is 42.9 Å². The first-order chi connectivity index (χ1) is 17.0. The highest BCUT2D eigenvalue weighted by Gasteiger charge is 2.32. The number of rotatable bonds is 7. The van der Waals surface area contributed by atoms with Crippen molar-refractivity contribution in [2.75, 3.05) is 5.73 Å². The number of halogens is 3. The Morgan fingerprint density at radius 1 is 1.14 bits per heavy atom. The number of nitrogens with one attached hydrogen (secondary N) is 1. The maximum atomic E-state index is 13.0. The molecule has 1 unspecified atom stereocenters. The minimum absolute atomic E-state index is 0.00642. The Labute approximate surface area is 205 Å². The van der Waals surface area contributed by atoms with Crippen LogP contribution in [0.2, 0.25) is 0 Å². The van der Waals surface area contributed by atoms with Gasteiger partial charge in [-0.15, -0.1) is 5.10 Å². The van der Waals surface area contributed by atoms with E-state index >= 15 is 0 Å². The molecule has 4 rings (SSSR count). The third-order valence-electron chi connectivity index (χ3n) is 5.95. The second kappa shape index (κ2) is 9.59. The molecule has 0 fully saturated rings. The first-order valence-corrected chi connectivity index (χ1v) is 11.5. The summed E-state index contributed by atoms with van der Waals surface area (Å²) in [6.45, 7) is 7.77. The quantitative estimate of drug-likeness (QED) is 0.390. The molecule has 12 heteroatoms. The van der Waals surface area contributed by atoms with Crippen molar-refractivity contribution >= 4 is 17.5 Å². The summed E-state index contributed by atoms with van der Waals surface area (Å²) in [5, 5.41) is 11.5. The van der Waals surface area contributed by atoms with Crippen LogP contribution < -0.4 is 11.1 Å². The monoisotopic (exact) mass is 500 g/mol. The molecule has 36 heavy (non-hydrogen) atoms. The van der Waals surface area contributed by atoms with Gasteiger partial charge in [-0.3, -0.25) is 14.5 Å². The fraction of sp³-hybridized carbons (Fsp3) is 0.375. The summed E-state index contributed by atoms with van der Waals surface area (Å²) < 4.78 is 42.0. The van der Waals surface area contributed by atoms with Gasteiger partial charge in [0.1, 0.15) is 11.4 Å². The number of alkyl halides is 3. The molecule has 4 aromatic rings. The van der Waals surface area contributed by atoms with Crippen LogP contribution in [0.5, 0.6) is 0 Å². The minimum atomic E-state index is -4.51. The van der Waals surface area contributed by atoms with Crippen molar-refractivity contribution in [3.8, 4) is 11.1 Å². The fourth-order valence-electron chi connectivity index (χ4n) is 3.96. The summed E-state index contributed by atoms with van der Waals surface area (Å²) in [5.74, 6) is -0.272. The lowest BCUT2D eigenvalue weighted by atomic mass is 9.97. The molecule has 0 aromatic carbocycles. The molecule has 9 nitrogen and oxygen atoms in total. The van der Waals surface area contributed by atoms with Gasteiger partial charge in [-0.05, 0) is 48.6 Å². The molecule has 0 bridgehead atoms. The first-order valence-electron chi connectivity index (χ1n) is 11.5. The van der Waals surface area contributed by atoms with Gasteiger partial charge in [0.2, 0.25) is 5.95 Å². The molecule has 0 aliphatic heterocycles. The number of carbonyl (C=O) groups is 1. The zero-order chi connectivity index (χ0) is 26.2. The van der Waals surface area contributed by atoms with Gasteiger partial charge in [0.05, 0.1) is 12.2 Å². The van der Waals surface area contributed by atoms with Crippen molar-refractivity contribution < 1.29 is 18.0 Å². The molecule has 4 aromatic heterocycles. The molecule has 0 aliphatic rings. The van der Waals surface area contributed by atoms with E-state index in [9.17, 15) is 18.0 Å². The standard InChI is InChI=1S/C24H27F3N8O/c1-5-14(4)31-22(36)18-8-16(9-20-32-23(28)33-35(18)20)17-11-30-34(12-17)21(13(2)3)15-6-7-19(29-10-15)24(25,26)27/h6-14,21H,5H2,1-4H3,(H2,28,33)(H,31,36)/t14-,21?/m0/s1. The van der Waals surface area contributed by atoms with Crippen LogP contribution in [0.1, 0.15) is 61.9 Å². The minimum Gasteiger partial charge on any atom is -0.366 e. The fourth-order valence-corrected chi connectivity index (χ4v) is 3.96. The normalized spacial score (nSPS) is 13.8. The number of amides is 1. The second-order valence-electron chi connectivity index (χ2n) is 9.02. The van der Waals surface area contributed by atoms with Crippen molar-refractivity contribution in [3.05, 3.63) is 59.8 Å². The molecule has 190 valence electrons. The number of fused-ring (bicyclic) bond motifs is 1. The Balaban J connectivity index is 1.72. The highest BCUT2D eigenvalue weighted by atomic mass is 19.4. The van der Waals surface area contributed by atoms with E-state index in [1.54, 1.807) is 29.2 Å². The van der Waals surface area contributed by atoms with E-state index in [1.807, 2.05) is 27.7 Å². The smallest absolute Gasteiger partial charge is 0.366 e. The Hall–Kier alpha value is -3.96. The maximum Gasteiger partial charge on any atom is 0.433 e. The molecule has 0 radical (unpaired) electrons. The van der Waals surface area contributed by atoms with Crippen LogP contribution in [0, 0.1) is 5.92 Å². The lowest BCUT2D eigenvalue weighted by molar-refractivity contribution is -0.141. The third kappa shape index (κ3) is 5.02. The first kappa shape index (κ1) is 25.1. The summed E-state index contributed by atoms with van der Waals surface area (Å²) >= 11 is 0. The zero-order valence-corrected chi connectivity index (χ0v) is 20.3. The number of nitrogens with zero attached hydrogens (tertiary/aromatic N) is 6. The van der Waals surface area contributed by atoms with Gasteiger partial charge >= 0.3 is 6.18 Å². The molecule has 2 atom stereocenters. The predicted octanol–water partition coefficient (Wildman–Crippen LogP) is 4.36. The Kier molecular flexibility index (Phi) is 6.70. The molecule has 1 amide bonds. The van der Waals surface area contributed by atoms with Gasteiger partial charge in [0.15, 0.2) is 5.65 Å². The molecular formula is C24H27F3N8O. The van der Waals surface area contributed by atoms with Crippen LogP contribution >= 0.6 is 0 Å². The van der Waals surface area contributed by atoms with Crippen molar-refractivity contribution in [3.63, 3.8) is 0 Å². The SMILES string of the molecule is CC[C@H](C)NC(=O)c1cc(-c2cnn(C(c3ccc(C(F)(F)F)nc3)C(C)C)c2)cc2nc(N)nn12. The Morgan fingerprint density at radius 2 is 1.89 bits per heavy atom. The van der Waals surface area contributed by atoms with Crippen LogP contribution in [0.4, 0.5) is 19.1 Å². The van der Waals surface area contributed by atoms with E-state index in [0.29, 0.717) is 22.3 Å². The topological polar surface area (TPSA) is 116 Å². The molecule has 0 saturated carbocycles. The Morgan fingerprint density at radius 3 is 2.50 bits per heavy atom. The van der Waals surface area contributed by atoms with Gasteiger partial charge in [-0.25, -0.2) is 4.52 Å². The van der Waals surface area contributed by atoms with Crippen molar-refractivity contribution in [2.24, 2.45) is 5.92 Å². The highest BCUT2D eigenvalue weighted by molar-refractivity contribution is 5.95. The number of hydrogen-bond acceptors (Lipinski definition) is 6. The Bertz CT molecular complexity index is 1370. The number of aromatic nitrogens is 6. The number of nitrogen functional groups attached to an aromatic ring is 1. The molecule has 4 heterocycles. The lowest BCUT2D eigenvalue weighted by Gasteiger charge is -2.22. The van der Waals surface area contributed by atoms with E-state index in [2.05, 4.69) is 25.5 Å². The molecular weight excluding hydrogens is 473 g/mol. The molecule has 0 saturated heterocycles. The lowest BCUT2D eigenvalue weighted by Crippen LogP contribution is -2.33. The van der Waals surface area contributed by atoms with E-state index in [0.717, 1.165) is 12.5 Å². The number of anilines is 1. The number of pyridine rings is 2. The van der Waals surface area contributed by atoms with Gasteiger partial charge in [-0.2, -0.15) is 23.3 Å². The van der Waals surface area contributed by atoms with E-state index in [1.165, 1.54) is 16.8 Å². The second-order valence-corrected chi connectivity index (χ2v) is 9.02. The average Bonchev–Trinajstić information content (AvgIpc) is 3.44. The van der Waals surface area contributed by atoms with Crippen molar-refractivity contribution in [1.82, 2.24) is 34.7 Å². The molecule has 3 N–H and O–H groups in total. The van der Waals surface area contributed by atoms with E-state index < -0.39 is 11.9 Å². The van der Waals surface area contributed by atoms with E-state index in [4.69, 9.17) is 5.73 Å². The summed E-state index contributed by atoms with van der Waals surface area (Å²) in [6, 6.07) is 5.43. The largest absolute Gasteiger partial charge is 0.433 e. The van der Waals surface area contributed by atoms with Gasteiger partial charge in [-0.1, -0.05) is 26.8 Å². The third-order valence-corrected chi connectivity index (χ3v) is 5.95. The van der Waals surface area contributed by atoms with Crippen LogP contribution in [-0.4, -0.2) is 41.3 Å². The summed E-state index contributed by atoms with van der Waals surface area (Å²) in [7, 11) is 0. The number of nitrogens with two attached hydrogens (primary N) is 1. The summed E-state index contributed by atoms with van der Waals surface area (Å²) in [5.41, 5.74) is 7.48. The average molecular weight is 501 g/mol. The highest BCUT2D eigenvalue weighted by Crippen LogP contribution is 2.32. The van der Waals surface area contributed by atoms with Crippen LogP contribution in [-0.2, 0) is 6.18 Å². The van der Waals surface area contributed by atoms with Crippen LogP contribution in [0.3, 0.4) is 0 Å². The van der Waals surface area contributed by atoms with E-state index in [-0.39, 0.29) is 35.6 Å². The predicted molar refractivity (Wildman–Crippen MR) is 128 cm³/mol. The van der Waals surface area contributed by atoms with Gasteiger partial charge in [0, 0.05) is 24.0 Å². The number of carbonyl (C=O) groups excluding carboxylic acids is 1. The summed E-state index contributed by atoms with van der Waals surface area (Å²) in [4.78, 5) is 20.8.